The lowest BCUT2D eigenvalue weighted by molar-refractivity contribution is 0.590. The standard InChI is InChI=1S/C40H42N6/c1-8-9-12-29-25-45(44-43-29)38-37(41-33-13-10-11-14-34(33)42-38)26-15-19-30(20-16-26)46-35-21-17-27(39(2,3)4)23-31(35)32-24-28(40(5,6)7)18-22-36(32)46/h10-11,13-25H,8-9,12H2,1-7H3. The van der Waals surface area contributed by atoms with Crippen molar-refractivity contribution in [1.29, 1.82) is 0 Å². The molecule has 0 bridgehead atoms. The number of aromatic nitrogens is 6. The molecule has 0 aliphatic heterocycles. The van der Waals surface area contributed by atoms with E-state index in [4.69, 9.17) is 9.97 Å². The van der Waals surface area contributed by atoms with Crippen molar-refractivity contribution in [2.75, 3.05) is 0 Å². The van der Waals surface area contributed by atoms with Crippen LogP contribution in [0.2, 0.25) is 0 Å². The molecule has 46 heavy (non-hydrogen) atoms. The van der Waals surface area contributed by atoms with E-state index >= 15 is 0 Å². The molecule has 0 aliphatic rings. The fraction of sp³-hybridized carbons (Fsp3) is 0.300. The van der Waals surface area contributed by atoms with Gasteiger partial charge in [0.25, 0.3) is 0 Å². The number of hydrogen-bond acceptors (Lipinski definition) is 4. The number of benzene rings is 4. The largest absolute Gasteiger partial charge is 0.309 e. The molecule has 0 spiro atoms. The summed E-state index contributed by atoms with van der Waals surface area (Å²) in [6.07, 6.45) is 5.08. The Balaban J connectivity index is 1.38. The van der Waals surface area contributed by atoms with E-state index in [9.17, 15) is 0 Å². The van der Waals surface area contributed by atoms with Crippen molar-refractivity contribution in [1.82, 2.24) is 29.5 Å². The molecule has 3 aromatic heterocycles. The van der Waals surface area contributed by atoms with Crippen LogP contribution in [0.15, 0.2) is 91.1 Å². The molecule has 0 amide bonds. The molecular formula is C40H42N6. The monoisotopic (exact) mass is 606 g/mol. The molecule has 4 aromatic carbocycles. The Morgan fingerprint density at radius 1 is 0.674 bits per heavy atom. The van der Waals surface area contributed by atoms with Gasteiger partial charge in [-0.05, 0) is 83.3 Å². The number of para-hydroxylation sites is 2. The fourth-order valence-electron chi connectivity index (χ4n) is 6.22. The van der Waals surface area contributed by atoms with Crippen molar-refractivity contribution in [3.8, 4) is 22.8 Å². The Morgan fingerprint density at radius 2 is 1.26 bits per heavy atom. The van der Waals surface area contributed by atoms with Crippen molar-refractivity contribution >= 4 is 32.8 Å². The lowest BCUT2D eigenvalue weighted by atomic mass is 9.85. The summed E-state index contributed by atoms with van der Waals surface area (Å²) in [5.41, 5.74) is 10.7. The van der Waals surface area contributed by atoms with Crippen LogP contribution >= 0.6 is 0 Å². The second-order valence-electron chi connectivity index (χ2n) is 14.5. The zero-order valence-electron chi connectivity index (χ0n) is 28.0. The molecule has 0 N–H and O–H groups in total. The predicted octanol–water partition coefficient (Wildman–Crippen LogP) is 9.91. The summed E-state index contributed by atoms with van der Waals surface area (Å²) in [6, 6.07) is 30.6. The van der Waals surface area contributed by atoms with Crippen molar-refractivity contribution < 1.29 is 0 Å². The smallest absolute Gasteiger partial charge is 0.182 e. The van der Waals surface area contributed by atoms with Crippen LogP contribution in [0.4, 0.5) is 0 Å². The first kappa shape index (κ1) is 29.8. The maximum atomic E-state index is 5.09. The molecule has 7 aromatic rings. The highest BCUT2D eigenvalue weighted by atomic mass is 15.4. The summed E-state index contributed by atoms with van der Waals surface area (Å²) in [5, 5.41) is 11.5. The normalized spacial score (nSPS) is 12.5. The van der Waals surface area contributed by atoms with Crippen LogP contribution in [0.1, 0.15) is 78.1 Å². The molecule has 0 unspecified atom stereocenters. The average molecular weight is 607 g/mol. The lowest BCUT2D eigenvalue weighted by Crippen LogP contribution is -2.10. The average Bonchev–Trinajstić information content (AvgIpc) is 3.64. The van der Waals surface area contributed by atoms with E-state index in [1.165, 1.54) is 32.9 Å². The van der Waals surface area contributed by atoms with E-state index in [-0.39, 0.29) is 10.8 Å². The molecule has 6 heteroatoms. The van der Waals surface area contributed by atoms with Gasteiger partial charge < -0.3 is 4.57 Å². The molecule has 0 saturated heterocycles. The molecule has 6 nitrogen and oxygen atoms in total. The second kappa shape index (κ2) is 11.2. The Hall–Kier alpha value is -4.84. The summed E-state index contributed by atoms with van der Waals surface area (Å²) in [7, 11) is 0. The number of fused-ring (bicyclic) bond motifs is 4. The summed E-state index contributed by atoms with van der Waals surface area (Å²) in [4.78, 5) is 10.1. The van der Waals surface area contributed by atoms with Crippen molar-refractivity contribution in [3.05, 3.63) is 108 Å². The second-order valence-corrected chi connectivity index (χ2v) is 14.5. The molecule has 0 saturated carbocycles. The first-order chi connectivity index (χ1) is 22.0. The van der Waals surface area contributed by atoms with Crippen LogP contribution in [0, 0.1) is 0 Å². The molecule has 3 heterocycles. The molecule has 232 valence electrons. The van der Waals surface area contributed by atoms with Crippen LogP contribution < -0.4 is 0 Å². The van der Waals surface area contributed by atoms with Crippen molar-refractivity contribution in [2.45, 2.75) is 78.6 Å². The van der Waals surface area contributed by atoms with Gasteiger partial charge in [-0.25, -0.2) is 9.97 Å². The van der Waals surface area contributed by atoms with Crippen molar-refractivity contribution in [3.63, 3.8) is 0 Å². The van der Waals surface area contributed by atoms with Gasteiger partial charge in [0.2, 0.25) is 0 Å². The molecule has 0 aliphatic carbocycles. The van der Waals surface area contributed by atoms with Gasteiger partial charge in [0.15, 0.2) is 5.82 Å². The van der Waals surface area contributed by atoms with Crippen LogP contribution in [-0.2, 0) is 17.3 Å². The number of nitrogens with zero attached hydrogens (tertiary/aromatic N) is 6. The van der Waals surface area contributed by atoms with Gasteiger partial charge in [0, 0.05) is 22.0 Å². The minimum absolute atomic E-state index is 0.0609. The Kier molecular flexibility index (Phi) is 7.27. The first-order valence-corrected chi connectivity index (χ1v) is 16.4. The van der Waals surface area contributed by atoms with E-state index in [2.05, 4.69) is 124 Å². The van der Waals surface area contributed by atoms with Crippen LogP contribution in [-0.4, -0.2) is 29.5 Å². The van der Waals surface area contributed by atoms with Gasteiger partial charge in [0.1, 0.15) is 5.69 Å². The van der Waals surface area contributed by atoms with Gasteiger partial charge in [0.05, 0.1) is 34.0 Å². The third-order valence-corrected chi connectivity index (χ3v) is 8.99. The molecule has 0 fully saturated rings. The van der Waals surface area contributed by atoms with E-state index in [0.29, 0.717) is 5.82 Å². The summed E-state index contributed by atoms with van der Waals surface area (Å²) in [5.74, 6) is 0.683. The topological polar surface area (TPSA) is 61.4 Å². The van der Waals surface area contributed by atoms with E-state index in [1.54, 1.807) is 4.68 Å². The van der Waals surface area contributed by atoms with Gasteiger partial charge >= 0.3 is 0 Å². The quantitative estimate of drug-likeness (QED) is 0.189. The molecular weight excluding hydrogens is 564 g/mol. The summed E-state index contributed by atoms with van der Waals surface area (Å²) in [6.45, 7) is 15.9. The minimum Gasteiger partial charge on any atom is -0.309 e. The summed E-state index contributed by atoms with van der Waals surface area (Å²) >= 11 is 0. The molecule has 7 rings (SSSR count). The van der Waals surface area contributed by atoms with Gasteiger partial charge in [-0.2, -0.15) is 4.68 Å². The Morgan fingerprint density at radius 3 is 1.83 bits per heavy atom. The van der Waals surface area contributed by atoms with Crippen LogP contribution in [0.3, 0.4) is 0 Å². The fourth-order valence-corrected chi connectivity index (χ4v) is 6.22. The highest BCUT2D eigenvalue weighted by Crippen LogP contribution is 2.38. The third-order valence-electron chi connectivity index (χ3n) is 8.99. The zero-order valence-corrected chi connectivity index (χ0v) is 28.0. The van der Waals surface area contributed by atoms with E-state index < -0.39 is 0 Å². The lowest BCUT2D eigenvalue weighted by Gasteiger charge is -2.19. The van der Waals surface area contributed by atoms with Gasteiger partial charge in [-0.1, -0.05) is 96.5 Å². The SMILES string of the molecule is CCCCc1cn(-c2nc3ccccc3nc2-c2ccc(-n3c4ccc(C(C)(C)C)cc4c4cc(C(C)(C)C)ccc43)cc2)nn1. The van der Waals surface area contributed by atoms with Crippen LogP contribution in [0.5, 0.6) is 0 Å². The number of aryl methyl sites for hydroxylation is 1. The Bertz CT molecular complexity index is 2130. The summed E-state index contributed by atoms with van der Waals surface area (Å²) < 4.78 is 4.16. The first-order valence-electron chi connectivity index (χ1n) is 16.4. The number of rotatable bonds is 6. The zero-order chi connectivity index (χ0) is 32.2. The maximum Gasteiger partial charge on any atom is 0.182 e. The van der Waals surface area contributed by atoms with E-state index in [1.807, 2.05) is 30.5 Å². The molecule has 0 atom stereocenters. The van der Waals surface area contributed by atoms with Gasteiger partial charge in [-0.15, -0.1) is 5.10 Å². The third kappa shape index (κ3) is 5.36. The Labute approximate surface area is 271 Å². The highest BCUT2D eigenvalue weighted by molar-refractivity contribution is 6.10. The van der Waals surface area contributed by atoms with E-state index in [0.717, 1.165) is 52.9 Å². The van der Waals surface area contributed by atoms with Crippen LogP contribution in [0.25, 0.3) is 55.6 Å². The van der Waals surface area contributed by atoms with Crippen molar-refractivity contribution in [2.24, 2.45) is 0 Å². The number of hydrogen-bond donors (Lipinski definition) is 0. The molecule has 0 radical (unpaired) electrons. The maximum absolute atomic E-state index is 5.09. The van der Waals surface area contributed by atoms with Gasteiger partial charge in [-0.3, -0.25) is 0 Å². The predicted molar refractivity (Wildman–Crippen MR) is 190 cm³/mol. The highest BCUT2D eigenvalue weighted by Gasteiger charge is 2.21. The minimum atomic E-state index is 0.0609. The number of unbranched alkanes of at least 4 members (excludes halogenated alkanes) is 1.